The second kappa shape index (κ2) is 5.87. The Morgan fingerprint density at radius 3 is 2.76 bits per heavy atom. The molecule has 1 aliphatic heterocycles. The molecular weight excluding hydrogens is 234 g/mol. The number of benzene rings is 1. The molecule has 0 atom stereocenters. The molecule has 1 heterocycles. The van der Waals surface area contributed by atoms with Gasteiger partial charge in [-0.05, 0) is 37.1 Å². The van der Waals surface area contributed by atoms with Crippen LogP contribution in [0.1, 0.15) is 23.2 Å². The van der Waals surface area contributed by atoms with Gasteiger partial charge in [0.2, 0.25) is 0 Å². The Kier molecular flexibility index (Phi) is 4.20. The SMILES string of the molecule is COc1ccc(C(=O)CSC2=NCCC2)cc1. The molecule has 2 rings (SSSR count). The highest BCUT2D eigenvalue weighted by atomic mass is 32.2. The van der Waals surface area contributed by atoms with E-state index in [9.17, 15) is 4.79 Å². The van der Waals surface area contributed by atoms with Crippen molar-refractivity contribution in [2.24, 2.45) is 4.99 Å². The summed E-state index contributed by atoms with van der Waals surface area (Å²) in [4.78, 5) is 16.2. The van der Waals surface area contributed by atoms with E-state index in [0.717, 1.165) is 35.7 Å². The third-order valence-electron chi connectivity index (χ3n) is 2.62. The summed E-state index contributed by atoms with van der Waals surface area (Å²) in [6.45, 7) is 0.916. The minimum atomic E-state index is 0.146. The zero-order valence-corrected chi connectivity index (χ0v) is 10.6. The van der Waals surface area contributed by atoms with Gasteiger partial charge in [-0.15, -0.1) is 11.8 Å². The Morgan fingerprint density at radius 2 is 2.18 bits per heavy atom. The number of carbonyl (C=O) groups excluding carboxylic acids is 1. The molecule has 0 spiro atoms. The zero-order valence-electron chi connectivity index (χ0n) is 9.81. The highest BCUT2D eigenvalue weighted by Crippen LogP contribution is 2.18. The van der Waals surface area contributed by atoms with Crippen molar-refractivity contribution in [2.75, 3.05) is 19.4 Å². The fourth-order valence-electron chi connectivity index (χ4n) is 1.64. The topological polar surface area (TPSA) is 38.7 Å². The van der Waals surface area contributed by atoms with Crippen LogP contribution in [0.4, 0.5) is 0 Å². The van der Waals surface area contributed by atoms with Gasteiger partial charge in [-0.25, -0.2) is 0 Å². The molecule has 0 saturated carbocycles. The number of aliphatic imine (C=N–C) groups is 1. The first kappa shape index (κ1) is 12.2. The summed E-state index contributed by atoms with van der Waals surface area (Å²) in [6, 6.07) is 7.23. The molecular formula is C13H15NO2S. The average Bonchev–Trinajstić information content (AvgIpc) is 2.89. The van der Waals surface area contributed by atoms with Crippen molar-refractivity contribution in [3.63, 3.8) is 0 Å². The van der Waals surface area contributed by atoms with Crippen LogP contribution < -0.4 is 4.74 Å². The van der Waals surface area contributed by atoms with Crippen molar-refractivity contribution >= 4 is 22.6 Å². The monoisotopic (exact) mass is 249 g/mol. The predicted molar refractivity (Wildman–Crippen MR) is 71.3 cm³/mol. The quantitative estimate of drug-likeness (QED) is 0.770. The van der Waals surface area contributed by atoms with E-state index in [0.29, 0.717) is 5.75 Å². The molecule has 1 aromatic carbocycles. The molecule has 0 saturated heterocycles. The lowest BCUT2D eigenvalue weighted by Crippen LogP contribution is -2.04. The van der Waals surface area contributed by atoms with Crippen molar-refractivity contribution in [1.82, 2.24) is 0 Å². The zero-order chi connectivity index (χ0) is 12.1. The van der Waals surface area contributed by atoms with Crippen molar-refractivity contribution in [2.45, 2.75) is 12.8 Å². The molecule has 0 amide bonds. The highest BCUT2D eigenvalue weighted by Gasteiger charge is 2.11. The van der Waals surface area contributed by atoms with E-state index < -0.39 is 0 Å². The van der Waals surface area contributed by atoms with Gasteiger partial charge in [0.1, 0.15) is 5.75 Å². The van der Waals surface area contributed by atoms with E-state index in [2.05, 4.69) is 4.99 Å². The molecule has 17 heavy (non-hydrogen) atoms. The van der Waals surface area contributed by atoms with Crippen LogP contribution in [0.15, 0.2) is 29.3 Å². The number of ether oxygens (including phenoxy) is 1. The van der Waals surface area contributed by atoms with Crippen molar-refractivity contribution in [3.8, 4) is 5.75 Å². The number of ketones is 1. The van der Waals surface area contributed by atoms with Crippen LogP contribution in [0.2, 0.25) is 0 Å². The summed E-state index contributed by atoms with van der Waals surface area (Å²) in [5, 5.41) is 1.12. The van der Waals surface area contributed by atoms with Gasteiger partial charge in [0, 0.05) is 12.1 Å². The van der Waals surface area contributed by atoms with Crippen molar-refractivity contribution < 1.29 is 9.53 Å². The first-order valence-electron chi connectivity index (χ1n) is 5.63. The normalized spacial score (nSPS) is 14.5. The summed E-state index contributed by atoms with van der Waals surface area (Å²) < 4.78 is 5.05. The standard InChI is InChI=1S/C13H15NO2S/c1-16-11-6-4-10(5-7-11)12(15)9-17-13-3-2-8-14-13/h4-7H,2-3,8-9H2,1H3. The van der Waals surface area contributed by atoms with Crippen LogP contribution in [-0.4, -0.2) is 30.2 Å². The van der Waals surface area contributed by atoms with E-state index >= 15 is 0 Å². The summed E-state index contributed by atoms with van der Waals surface area (Å²) in [5.74, 6) is 1.40. The molecule has 0 N–H and O–H groups in total. The molecule has 1 aromatic rings. The van der Waals surface area contributed by atoms with E-state index in [1.807, 2.05) is 12.1 Å². The van der Waals surface area contributed by atoms with Gasteiger partial charge >= 0.3 is 0 Å². The van der Waals surface area contributed by atoms with Crippen LogP contribution in [-0.2, 0) is 0 Å². The van der Waals surface area contributed by atoms with Crippen LogP contribution in [0.3, 0.4) is 0 Å². The maximum absolute atomic E-state index is 11.9. The number of rotatable bonds is 4. The summed E-state index contributed by atoms with van der Waals surface area (Å²) in [7, 11) is 1.62. The van der Waals surface area contributed by atoms with Crippen LogP contribution in [0.25, 0.3) is 0 Å². The number of hydrogen-bond donors (Lipinski definition) is 0. The number of nitrogens with zero attached hydrogens (tertiary/aromatic N) is 1. The Bertz CT molecular complexity index is 426. The van der Waals surface area contributed by atoms with Crippen LogP contribution >= 0.6 is 11.8 Å². The fourth-order valence-corrected chi connectivity index (χ4v) is 2.58. The molecule has 0 unspecified atom stereocenters. The second-order valence-electron chi connectivity index (χ2n) is 3.82. The molecule has 0 aromatic heterocycles. The largest absolute Gasteiger partial charge is 0.497 e. The fraction of sp³-hybridized carbons (Fsp3) is 0.385. The lowest BCUT2D eigenvalue weighted by molar-refractivity contribution is 0.102. The molecule has 1 aliphatic rings. The minimum absolute atomic E-state index is 0.146. The minimum Gasteiger partial charge on any atom is -0.497 e. The Balaban J connectivity index is 1.90. The van der Waals surface area contributed by atoms with Crippen molar-refractivity contribution in [3.05, 3.63) is 29.8 Å². The number of methoxy groups -OCH3 is 1. The molecule has 4 heteroatoms. The maximum Gasteiger partial charge on any atom is 0.173 e. The van der Waals surface area contributed by atoms with Gasteiger partial charge in [0.15, 0.2) is 5.78 Å². The highest BCUT2D eigenvalue weighted by molar-refractivity contribution is 8.14. The molecule has 90 valence electrons. The first-order valence-corrected chi connectivity index (χ1v) is 6.61. The van der Waals surface area contributed by atoms with Gasteiger partial charge in [-0.3, -0.25) is 9.79 Å². The predicted octanol–water partition coefficient (Wildman–Crippen LogP) is 2.80. The molecule has 3 nitrogen and oxygen atoms in total. The van der Waals surface area contributed by atoms with Crippen molar-refractivity contribution in [1.29, 1.82) is 0 Å². The van der Waals surface area contributed by atoms with Gasteiger partial charge in [-0.1, -0.05) is 0 Å². The van der Waals surface area contributed by atoms with E-state index in [1.54, 1.807) is 31.0 Å². The summed E-state index contributed by atoms with van der Waals surface area (Å²) in [5.41, 5.74) is 0.733. The van der Waals surface area contributed by atoms with E-state index in [-0.39, 0.29) is 5.78 Å². The smallest absolute Gasteiger partial charge is 0.173 e. The number of carbonyl (C=O) groups is 1. The second-order valence-corrected chi connectivity index (χ2v) is 4.87. The van der Waals surface area contributed by atoms with Gasteiger partial charge in [-0.2, -0.15) is 0 Å². The molecule has 0 bridgehead atoms. The maximum atomic E-state index is 11.9. The van der Waals surface area contributed by atoms with E-state index in [4.69, 9.17) is 4.74 Å². The molecule has 0 fully saturated rings. The summed E-state index contributed by atoms with van der Waals surface area (Å²) in [6.07, 6.45) is 2.15. The van der Waals surface area contributed by atoms with E-state index in [1.165, 1.54) is 0 Å². The third kappa shape index (κ3) is 3.33. The number of Topliss-reactive ketones (excluding diaryl/α,β-unsaturated/α-hetero) is 1. The number of hydrogen-bond acceptors (Lipinski definition) is 4. The number of thioether (sulfide) groups is 1. The van der Waals surface area contributed by atoms with Gasteiger partial charge in [0.05, 0.1) is 17.9 Å². The third-order valence-corrected chi connectivity index (χ3v) is 3.69. The van der Waals surface area contributed by atoms with Crippen LogP contribution in [0.5, 0.6) is 5.75 Å². The van der Waals surface area contributed by atoms with Gasteiger partial charge < -0.3 is 4.74 Å². The lowest BCUT2D eigenvalue weighted by Gasteiger charge is -2.03. The molecule has 0 aliphatic carbocycles. The van der Waals surface area contributed by atoms with Crippen LogP contribution in [0, 0.1) is 0 Å². The first-order chi connectivity index (χ1) is 8.29. The lowest BCUT2D eigenvalue weighted by atomic mass is 10.1. The van der Waals surface area contributed by atoms with Gasteiger partial charge in [0.25, 0.3) is 0 Å². The Labute approximate surface area is 105 Å². The Morgan fingerprint density at radius 1 is 1.41 bits per heavy atom. The Hall–Kier alpha value is -1.29. The molecule has 0 radical (unpaired) electrons. The summed E-state index contributed by atoms with van der Waals surface area (Å²) >= 11 is 1.57. The average molecular weight is 249 g/mol.